The zero-order chi connectivity index (χ0) is 28.8. The van der Waals surface area contributed by atoms with Crippen LogP contribution in [0.25, 0.3) is 0 Å². The number of carbonyl (C=O) groups is 3. The Morgan fingerprint density at radius 1 is 0.725 bits per heavy atom. The number of nitrogens with one attached hydrogen (secondary N) is 1. The third-order valence-corrected chi connectivity index (χ3v) is 6.05. The lowest BCUT2D eigenvalue weighted by Crippen LogP contribution is -2.40. The molecule has 0 radical (unpaired) electrons. The van der Waals surface area contributed by atoms with E-state index in [2.05, 4.69) is 5.32 Å². The summed E-state index contributed by atoms with van der Waals surface area (Å²) < 4.78 is 25.7. The minimum Gasteiger partial charge on any atom is -0.480 e. The van der Waals surface area contributed by atoms with E-state index in [1.54, 1.807) is 0 Å². The number of carbonyl (C=O) groups excluding carboxylic acids is 2. The average molecular weight is 560 g/mol. The van der Waals surface area contributed by atoms with Gasteiger partial charge in [0.2, 0.25) is 5.91 Å². The number of hydrogen-bond acceptors (Lipinski definition) is 8. The number of rotatable bonds is 16. The Balaban J connectivity index is 0.000000319. The van der Waals surface area contributed by atoms with Gasteiger partial charge >= 0.3 is 11.9 Å². The van der Waals surface area contributed by atoms with Crippen molar-refractivity contribution < 1.29 is 43.2 Å². The van der Waals surface area contributed by atoms with Crippen LogP contribution in [-0.2, 0) is 51.3 Å². The van der Waals surface area contributed by atoms with E-state index in [-0.39, 0.29) is 37.0 Å². The number of hydrogen-bond donors (Lipinski definition) is 2. The summed E-state index contributed by atoms with van der Waals surface area (Å²) in [6.07, 6.45) is 3.11. The number of benzene rings is 2. The van der Waals surface area contributed by atoms with Gasteiger partial charge in [-0.1, -0.05) is 60.7 Å². The van der Waals surface area contributed by atoms with E-state index in [1.165, 1.54) is 7.11 Å². The number of carboxylic acids is 1. The Morgan fingerprint density at radius 2 is 1.20 bits per heavy atom. The van der Waals surface area contributed by atoms with Crippen molar-refractivity contribution in [2.75, 3.05) is 46.8 Å². The predicted octanol–water partition coefficient (Wildman–Crippen LogP) is 3.37. The van der Waals surface area contributed by atoms with Crippen molar-refractivity contribution in [2.45, 2.75) is 44.9 Å². The van der Waals surface area contributed by atoms with Crippen molar-refractivity contribution in [2.24, 2.45) is 5.92 Å². The first-order valence-corrected chi connectivity index (χ1v) is 13.5. The lowest BCUT2D eigenvalue weighted by Gasteiger charge is -2.27. The van der Waals surface area contributed by atoms with Crippen LogP contribution in [0.1, 0.15) is 36.8 Å². The highest BCUT2D eigenvalue weighted by Gasteiger charge is 2.27. The first-order chi connectivity index (χ1) is 19.5. The molecule has 0 atom stereocenters. The molecule has 220 valence electrons. The molecule has 2 aromatic rings. The highest BCUT2D eigenvalue weighted by atomic mass is 16.5. The lowest BCUT2D eigenvalue weighted by atomic mass is 9.86. The Morgan fingerprint density at radius 3 is 1.68 bits per heavy atom. The summed E-state index contributed by atoms with van der Waals surface area (Å²) in [6, 6.07) is 19.8. The fourth-order valence-electron chi connectivity index (χ4n) is 4.00. The molecule has 10 nitrogen and oxygen atoms in total. The number of carboxylic acid groups (broad SMARTS) is 1. The molecule has 0 aliphatic heterocycles. The molecule has 1 amide bonds. The van der Waals surface area contributed by atoms with E-state index in [1.807, 2.05) is 60.7 Å². The molecule has 0 spiro atoms. The van der Waals surface area contributed by atoms with Crippen molar-refractivity contribution in [3.63, 3.8) is 0 Å². The van der Waals surface area contributed by atoms with Gasteiger partial charge in [-0.2, -0.15) is 0 Å². The molecule has 1 fully saturated rings. The maximum atomic E-state index is 11.9. The molecule has 2 aromatic carbocycles. The number of aliphatic carboxylic acids is 1. The van der Waals surface area contributed by atoms with Crippen LogP contribution >= 0.6 is 0 Å². The van der Waals surface area contributed by atoms with Crippen molar-refractivity contribution >= 4 is 17.8 Å². The Kier molecular flexibility index (Phi) is 16.9. The van der Waals surface area contributed by atoms with Crippen LogP contribution in [0.4, 0.5) is 0 Å². The standard InChI is InChI=1S/C19H27NO5.C11H14O4/c1-23-19(22)16-7-9-17(10-8-16)20-18(21)14-25-12-11-24-13-15-5-3-2-4-6-15;12-11(13)9-15-7-6-14-8-10-4-2-1-3-5-10/h2-6,16-17H,7-14H2,1H3,(H,20,21);1-5H,6-9H2,(H,12,13). The van der Waals surface area contributed by atoms with E-state index < -0.39 is 5.97 Å². The van der Waals surface area contributed by atoms with Crippen LogP contribution in [0.2, 0.25) is 0 Å². The summed E-state index contributed by atoms with van der Waals surface area (Å²) >= 11 is 0. The van der Waals surface area contributed by atoms with E-state index in [0.717, 1.165) is 36.8 Å². The number of methoxy groups -OCH3 is 1. The first-order valence-electron chi connectivity index (χ1n) is 13.5. The third kappa shape index (κ3) is 15.3. The van der Waals surface area contributed by atoms with Gasteiger partial charge in [0.25, 0.3) is 0 Å². The van der Waals surface area contributed by atoms with E-state index in [4.69, 9.17) is 28.8 Å². The summed E-state index contributed by atoms with van der Waals surface area (Å²) in [4.78, 5) is 33.4. The molecule has 0 unspecified atom stereocenters. The number of amides is 1. The Labute approximate surface area is 235 Å². The second-order valence-electron chi connectivity index (χ2n) is 9.21. The van der Waals surface area contributed by atoms with Crippen molar-refractivity contribution in [3.05, 3.63) is 71.8 Å². The SMILES string of the molecule is COC(=O)C1CCC(NC(=O)COCCOCc2ccccc2)CC1.O=C(O)COCCOCc1ccccc1. The fraction of sp³-hybridized carbons (Fsp3) is 0.500. The van der Waals surface area contributed by atoms with Gasteiger partial charge in [0.05, 0.1) is 52.7 Å². The maximum absolute atomic E-state index is 11.9. The lowest BCUT2D eigenvalue weighted by molar-refractivity contribution is -0.146. The number of esters is 1. The van der Waals surface area contributed by atoms with Gasteiger partial charge in [-0.15, -0.1) is 0 Å². The van der Waals surface area contributed by atoms with Gasteiger partial charge in [0.15, 0.2) is 0 Å². The monoisotopic (exact) mass is 559 g/mol. The summed E-state index contributed by atoms with van der Waals surface area (Å²) in [6.45, 7) is 2.38. The molecule has 0 bridgehead atoms. The van der Waals surface area contributed by atoms with E-state index in [0.29, 0.717) is 39.6 Å². The molecule has 10 heteroatoms. The molecule has 0 heterocycles. The summed E-state index contributed by atoms with van der Waals surface area (Å²) in [7, 11) is 1.41. The van der Waals surface area contributed by atoms with Crippen LogP contribution in [0.15, 0.2) is 60.7 Å². The summed E-state index contributed by atoms with van der Waals surface area (Å²) in [5, 5.41) is 11.2. The summed E-state index contributed by atoms with van der Waals surface area (Å²) in [5.74, 6) is -1.26. The Hall–Kier alpha value is -3.31. The molecule has 1 aliphatic carbocycles. The molecule has 0 aromatic heterocycles. The van der Waals surface area contributed by atoms with Crippen LogP contribution < -0.4 is 5.32 Å². The molecule has 2 N–H and O–H groups in total. The quantitative estimate of drug-likeness (QED) is 0.235. The second-order valence-corrected chi connectivity index (χ2v) is 9.21. The van der Waals surface area contributed by atoms with Crippen LogP contribution in [0.3, 0.4) is 0 Å². The van der Waals surface area contributed by atoms with Gasteiger partial charge in [0, 0.05) is 6.04 Å². The predicted molar refractivity (Wildman–Crippen MR) is 147 cm³/mol. The topological polar surface area (TPSA) is 130 Å². The minimum atomic E-state index is -0.960. The zero-order valence-corrected chi connectivity index (χ0v) is 23.1. The Bertz CT molecular complexity index is 964. The zero-order valence-electron chi connectivity index (χ0n) is 23.1. The largest absolute Gasteiger partial charge is 0.480 e. The molecule has 0 saturated heterocycles. The van der Waals surface area contributed by atoms with Crippen LogP contribution in [-0.4, -0.2) is 75.7 Å². The first kappa shape index (κ1) is 32.9. The highest BCUT2D eigenvalue weighted by Crippen LogP contribution is 2.25. The number of ether oxygens (including phenoxy) is 5. The minimum absolute atomic E-state index is 0.0313. The molecule has 3 rings (SSSR count). The van der Waals surface area contributed by atoms with Crippen molar-refractivity contribution in [3.8, 4) is 0 Å². The van der Waals surface area contributed by atoms with E-state index >= 15 is 0 Å². The second kappa shape index (κ2) is 20.6. The smallest absolute Gasteiger partial charge is 0.329 e. The maximum Gasteiger partial charge on any atom is 0.329 e. The third-order valence-electron chi connectivity index (χ3n) is 6.05. The van der Waals surface area contributed by atoms with Crippen molar-refractivity contribution in [1.29, 1.82) is 0 Å². The van der Waals surface area contributed by atoms with Gasteiger partial charge in [-0.05, 0) is 36.8 Å². The average Bonchev–Trinajstić information content (AvgIpc) is 2.98. The van der Waals surface area contributed by atoms with E-state index in [9.17, 15) is 14.4 Å². The molecule has 1 aliphatic rings. The van der Waals surface area contributed by atoms with Gasteiger partial charge in [-0.25, -0.2) is 4.79 Å². The molecular weight excluding hydrogens is 518 g/mol. The van der Waals surface area contributed by atoms with Gasteiger partial charge < -0.3 is 34.1 Å². The molecule has 40 heavy (non-hydrogen) atoms. The normalized spacial score (nSPS) is 16.3. The van der Waals surface area contributed by atoms with Crippen LogP contribution in [0, 0.1) is 5.92 Å². The van der Waals surface area contributed by atoms with Crippen LogP contribution in [0.5, 0.6) is 0 Å². The molecular formula is C30H41NO9. The molecule has 1 saturated carbocycles. The van der Waals surface area contributed by atoms with Gasteiger partial charge in [-0.3, -0.25) is 9.59 Å². The summed E-state index contributed by atoms with van der Waals surface area (Å²) in [5.41, 5.74) is 2.21. The van der Waals surface area contributed by atoms with Gasteiger partial charge in [0.1, 0.15) is 13.2 Å². The van der Waals surface area contributed by atoms with Crippen molar-refractivity contribution in [1.82, 2.24) is 5.32 Å². The fourth-order valence-corrected chi connectivity index (χ4v) is 4.00. The highest BCUT2D eigenvalue weighted by molar-refractivity contribution is 5.77.